The van der Waals surface area contributed by atoms with E-state index in [9.17, 15) is 9.59 Å². The third kappa shape index (κ3) is 3.82. The maximum atomic E-state index is 13.3. The molecule has 154 valence electrons. The van der Waals surface area contributed by atoms with Crippen LogP contribution in [0.2, 0.25) is 0 Å². The number of rotatable bonds is 5. The van der Waals surface area contributed by atoms with Crippen molar-refractivity contribution in [3.05, 3.63) is 83.1 Å². The Bertz CT molecular complexity index is 1010. The smallest absolute Gasteiger partial charge is 0.232 e. The maximum absolute atomic E-state index is 13.3. The fourth-order valence-corrected chi connectivity index (χ4v) is 4.61. The van der Waals surface area contributed by atoms with Crippen molar-refractivity contribution in [1.82, 2.24) is 0 Å². The Labute approximate surface area is 177 Å². The van der Waals surface area contributed by atoms with Crippen LogP contribution in [0.25, 0.3) is 0 Å². The summed E-state index contributed by atoms with van der Waals surface area (Å²) in [4.78, 5) is 28.1. The minimum absolute atomic E-state index is 0.0467. The maximum Gasteiger partial charge on any atom is 0.232 e. The normalized spacial score (nSPS) is 19.0. The molecule has 1 aliphatic carbocycles. The molecule has 2 aliphatic rings. The number of nitrogens with zero attached hydrogens (tertiary/aromatic N) is 1. The van der Waals surface area contributed by atoms with Crippen LogP contribution in [0.3, 0.4) is 0 Å². The molecule has 0 aromatic heterocycles. The highest BCUT2D eigenvalue weighted by Crippen LogP contribution is 2.43. The second kappa shape index (κ2) is 8.31. The van der Waals surface area contributed by atoms with E-state index in [1.54, 1.807) is 11.0 Å². The molecule has 0 spiro atoms. The van der Waals surface area contributed by atoms with E-state index in [1.165, 1.54) is 0 Å². The first-order valence-electron chi connectivity index (χ1n) is 10.5. The van der Waals surface area contributed by atoms with Gasteiger partial charge in [0, 0.05) is 35.7 Å². The van der Waals surface area contributed by atoms with Crippen molar-refractivity contribution in [2.24, 2.45) is 0 Å². The zero-order chi connectivity index (χ0) is 21.3. The lowest BCUT2D eigenvalue weighted by atomic mass is 9.77. The number of carbonyl (C=O) groups is 2. The van der Waals surface area contributed by atoms with E-state index in [4.69, 9.17) is 4.74 Å². The van der Waals surface area contributed by atoms with Gasteiger partial charge in [0.05, 0.1) is 0 Å². The highest BCUT2D eigenvalue weighted by atomic mass is 16.5. The number of Topliss-reactive ketones (excluding diaryl/α,β-unsaturated/α-hetero) is 1. The predicted molar refractivity (Wildman–Crippen MR) is 119 cm³/mol. The molecule has 1 unspecified atom stereocenters. The molecule has 4 heteroatoms. The number of anilines is 1. The van der Waals surface area contributed by atoms with Crippen LogP contribution in [-0.2, 0) is 9.59 Å². The summed E-state index contributed by atoms with van der Waals surface area (Å²) in [6.45, 7) is 8.17. The highest BCUT2D eigenvalue weighted by molar-refractivity contribution is 6.07. The third-order valence-electron chi connectivity index (χ3n) is 5.79. The van der Waals surface area contributed by atoms with Crippen molar-refractivity contribution in [2.45, 2.75) is 45.4 Å². The van der Waals surface area contributed by atoms with Crippen LogP contribution >= 0.6 is 0 Å². The first kappa shape index (κ1) is 20.1. The molecule has 1 aliphatic heterocycles. The summed E-state index contributed by atoms with van der Waals surface area (Å²) in [6, 6.07) is 13.9. The van der Waals surface area contributed by atoms with Gasteiger partial charge in [-0.15, -0.1) is 0 Å². The Morgan fingerprint density at radius 2 is 1.77 bits per heavy atom. The lowest BCUT2D eigenvalue weighted by molar-refractivity contribution is -0.119. The molecular formula is C26H27NO3. The summed E-state index contributed by atoms with van der Waals surface area (Å²) < 4.78 is 5.57. The molecular weight excluding hydrogens is 374 g/mol. The summed E-state index contributed by atoms with van der Waals surface area (Å²) in [7, 11) is 0. The SMILES string of the molecule is C=CCOc1ccc(C2CC(=O)N(c3cc(C)cc(C)c3)C3=C2C(=O)CCC3)cc1. The molecule has 0 saturated heterocycles. The number of ether oxygens (including phenoxy) is 1. The van der Waals surface area contributed by atoms with Crippen molar-refractivity contribution < 1.29 is 14.3 Å². The summed E-state index contributed by atoms with van der Waals surface area (Å²) >= 11 is 0. The van der Waals surface area contributed by atoms with E-state index < -0.39 is 0 Å². The number of ketones is 1. The molecule has 4 rings (SSSR count). The molecule has 1 atom stereocenters. The Hall–Kier alpha value is -3.14. The zero-order valence-electron chi connectivity index (χ0n) is 17.6. The Kier molecular flexibility index (Phi) is 5.58. The largest absolute Gasteiger partial charge is 0.490 e. The summed E-state index contributed by atoms with van der Waals surface area (Å²) in [6.07, 6.45) is 4.08. The lowest BCUT2D eigenvalue weighted by Gasteiger charge is -2.38. The second-order valence-corrected chi connectivity index (χ2v) is 8.14. The average molecular weight is 402 g/mol. The molecule has 2 aromatic carbocycles. The van der Waals surface area contributed by atoms with Crippen LogP contribution < -0.4 is 9.64 Å². The number of hydrogen-bond donors (Lipinski definition) is 0. The van der Waals surface area contributed by atoms with Gasteiger partial charge in [0.2, 0.25) is 5.91 Å². The van der Waals surface area contributed by atoms with Crippen molar-refractivity contribution >= 4 is 17.4 Å². The van der Waals surface area contributed by atoms with Gasteiger partial charge in [-0.25, -0.2) is 0 Å². The summed E-state index contributed by atoms with van der Waals surface area (Å²) in [5.74, 6) is 0.762. The number of aryl methyl sites for hydroxylation is 2. The Morgan fingerprint density at radius 1 is 1.07 bits per heavy atom. The van der Waals surface area contributed by atoms with Gasteiger partial charge in [-0.3, -0.25) is 14.5 Å². The van der Waals surface area contributed by atoms with Crippen molar-refractivity contribution in [1.29, 1.82) is 0 Å². The summed E-state index contributed by atoms with van der Waals surface area (Å²) in [5.41, 5.74) is 5.76. The fourth-order valence-electron chi connectivity index (χ4n) is 4.61. The first-order chi connectivity index (χ1) is 14.5. The second-order valence-electron chi connectivity index (χ2n) is 8.14. The molecule has 0 bridgehead atoms. The Balaban J connectivity index is 1.76. The molecule has 1 heterocycles. The summed E-state index contributed by atoms with van der Waals surface area (Å²) in [5, 5.41) is 0. The van der Waals surface area contributed by atoms with Crippen LogP contribution in [0.4, 0.5) is 5.69 Å². The molecule has 4 nitrogen and oxygen atoms in total. The van der Waals surface area contributed by atoms with Gasteiger partial charge in [-0.2, -0.15) is 0 Å². The lowest BCUT2D eigenvalue weighted by Crippen LogP contribution is -2.40. The monoisotopic (exact) mass is 401 g/mol. The van der Waals surface area contributed by atoms with Crippen LogP contribution in [-0.4, -0.2) is 18.3 Å². The van der Waals surface area contributed by atoms with E-state index in [1.807, 2.05) is 50.2 Å². The van der Waals surface area contributed by atoms with Crippen molar-refractivity contribution in [2.75, 3.05) is 11.5 Å². The van der Waals surface area contributed by atoms with Gasteiger partial charge in [-0.1, -0.05) is 30.9 Å². The quantitative estimate of drug-likeness (QED) is 0.631. The topological polar surface area (TPSA) is 46.6 Å². The van der Waals surface area contributed by atoms with E-state index in [0.717, 1.165) is 52.2 Å². The minimum Gasteiger partial charge on any atom is -0.490 e. The molecule has 0 fully saturated rings. The van der Waals surface area contributed by atoms with Gasteiger partial charge >= 0.3 is 0 Å². The number of allylic oxidation sites excluding steroid dienone is 2. The van der Waals surface area contributed by atoms with Gasteiger partial charge in [0.1, 0.15) is 12.4 Å². The van der Waals surface area contributed by atoms with E-state index in [2.05, 4.69) is 12.6 Å². The minimum atomic E-state index is -0.198. The molecule has 1 amide bonds. The molecule has 30 heavy (non-hydrogen) atoms. The van der Waals surface area contributed by atoms with Crippen LogP contribution in [0.5, 0.6) is 5.75 Å². The van der Waals surface area contributed by atoms with Crippen molar-refractivity contribution in [3.63, 3.8) is 0 Å². The number of carbonyl (C=O) groups excluding carboxylic acids is 2. The number of amides is 1. The standard InChI is InChI=1S/C26H27NO3/c1-4-12-30-21-10-8-19(9-11-21)22-16-25(29)27(20-14-17(2)13-18(3)15-20)23-6-5-7-24(28)26(22)23/h4,8-11,13-15,22H,1,5-7,12,16H2,2-3H3. The first-order valence-corrected chi connectivity index (χ1v) is 10.5. The highest BCUT2D eigenvalue weighted by Gasteiger charge is 2.39. The van der Waals surface area contributed by atoms with E-state index in [-0.39, 0.29) is 17.6 Å². The van der Waals surface area contributed by atoms with Crippen LogP contribution in [0, 0.1) is 13.8 Å². The molecule has 0 N–H and O–H groups in total. The van der Waals surface area contributed by atoms with Crippen molar-refractivity contribution in [3.8, 4) is 5.75 Å². The number of benzene rings is 2. The molecule has 2 aromatic rings. The predicted octanol–water partition coefficient (Wildman–Crippen LogP) is 5.40. The fraction of sp³-hybridized carbons (Fsp3) is 0.308. The van der Waals surface area contributed by atoms with E-state index >= 15 is 0 Å². The zero-order valence-corrected chi connectivity index (χ0v) is 17.6. The van der Waals surface area contributed by atoms with Crippen LogP contribution in [0.15, 0.2) is 66.4 Å². The van der Waals surface area contributed by atoms with E-state index in [0.29, 0.717) is 19.4 Å². The van der Waals surface area contributed by atoms with Gasteiger partial charge in [-0.05, 0) is 67.6 Å². The average Bonchev–Trinajstić information content (AvgIpc) is 2.71. The molecule has 0 saturated carbocycles. The number of hydrogen-bond acceptors (Lipinski definition) is 3. The van der Waals surface area contributed by atoms with Gasteiger partial charge in [0.25, 0.3) is 0 Å². The Morgan fingerprint density at radius 3 is 2.43 bits per heavy atom. The van der Waals surface area contributed by atoms with Gasteiger partial charge < -0.3 is 4.74 Å². The molecule has 0 radical (unpaired) electrons. The van der Waals surface area contributed by atoms with Crippen LogP contribution in [0.1, 0.15) is 48.3 Å². The van der Waals surface area contributed by atoms with Gasteiger partial charge in [0.15, 0.2) is 5.78 Å². The third-order valence-corrected chi connectivity index (χ3v) is 5.79.